The van der Waals surface area contributed by atoms with Crippen molar-refractivity contribution >= 4 is 11.7 Å². The van der Waals surface area contributed by atoms with Crippen molar-refractivity contribution in [3.8, 4) is 0 Å². The second-order valence-corrected chi connectivity index (χ2v) is 6.95. The molecule has 2 amide bonds. The molecule has 26 heavy (non-hydrogen) atoms. The van der Waals surface area contributed by atoms with E-state index in [0.717, 1.165) is 31.9 Å². The Morgan fingerprint density at radius 3 is 2.12 bits per heavy atom. The summed E-state index contributed by atoms with van der Waals surface area (Å²) in [4.78, 5) is 17.3. The first kappa shape index (κ1) is 18.4. The number of hydrogen-bond donors (Lipinski definition) is 2. The van der Waals surface area contributed by atoms with Crippen molar-refractivity contribution in [1.29, 1.82) is 0 Å². The maximum absolute atomic E-state index is 12.4. The van der Waals surface area contributed by atoms with Gasteiger partial charge in [-0.05, 0) is 31.7 Å². The summed E-state index contributed by atoms with van der Waals surface area (Å²) in [7, 11) is 2.16. The molecule has 1 aliphatic rings. The van der Waals surface area contributed by atoms with Crippen molar-refractivity contribution < 1.29 is 4.79 Å². The van der Waals surface area contributed by atoms with Gasteiger partial charge >= 0.3 is 6.03 Å². The largest absolute Gasteiger partial charge is 0.333 e. The number of carbonyl (C=O) groups is 1. The number of carbonyl (C=O) groups excluding carboxylic acids is 1. The molecule has 2 N–H and O–H groups in total. The highest BCUT2D eigenvalue weighted by molar-refractivity contribution is 5.89. The Morgan fingerprint density at radius 2 is 1.50 bits per heavy atom. The standard InChI is InChI=1S/C21H28N4O/c1-17(22-21(26)23-19-11-7-4-8-12-19)20(18-9-5-3-6-10-18)25-15-13-24(2)14-16-25/h3-12,17,20H,13-16H2,1-2H3,(H2,22,23,26). The van der Waals surface area contributed by atoms with E-state index in [1.54, 1.807) is 0 Å². The molecule has 2 atom stereocenters. The molecule has 0 radical (unpaired) electrons. The van der Waals surface area contributed by atoms with E-state index in [0.29, 0.717) is 0 Å². The third-order valence-electron chi connectivity index (χ3n) is 4.94. The summed E-state index contributed by atoms with van der Waals surface area (Å²) in [5.74, 6) is 0. The fourth-order valence-corrected chi connectivity index (χ4v) is 3.54. The quantitative estimate of drug-likeness (QED) is 0.869. The summed E-state index contributed by atoms with van der Waals surface area (Å²) >= 11 is 0. The first-order chi connectivity index (χ1) is 12.6. The van der Waals surface area contributed by atoms with Gasteiger partial charge in [-0.1, -0.05) is 48.5 Å². The Kier molecular flexibility index (Phi) is 6.26. The van der Waals surface area contributed by atoms with Crippen molar-refractivity contribution in [3.63, 3.8) is 0 Å². The number of para-hydroxylation sites is 1. The lowest BCUT2D eigenvalue weighted by Gasteiger charge is -2.41. The zero-order valence-corrected chi connectivity index (χ0v) is 15.6. The SMILES string of the molecule is CC(NC(=O)Nc1ccccc1)C(c1ccccc1)N1CCN(C)CC1. The van der Waals surface area contributed by atoms with E-state index in [9.17, 15) is 4.79 Å². The van der Waals surface area contributed by atoms with Gasteiger partial charge < -0.3 is 15.5 Å². The molecule has 0 aliphatic carbocycles. The van der Waals surface area contributed by atoms with Crippen LogP contribution in [0.5, 0.6) is 0 Å². The van der Waals surface area contributed by atoms with Crippen LogP contribution in [0, 0.1) is 0 Å². The molecule has 1 heterocycles. The second-order valence-electron chi connectivity index (χ2n) is 6.95. The number of likely N-dealkylation sites (N-methyl/N-ethyl adjacent to an activating group) is 1. The van der Waals surface area contributed by atoms with Crippen LogP contribution in [0.2, 0.25) is 0 Å². The molecule has 0 aromatic heterocycles. The Labute approximate surface area is 156 Å². The number of piperazine rings is 1. The average Bonchev–Trinajstić information content (AvgIpc) is 2.65. The van der Waals surface area contributed by atoms with Crippen molar-refractivity contribution in [2.24, 2.45) is 0 Å². The second kappa shape index (κ2) is 8.83. The first-order valence-corrected chi connectivity index (χ1v) is 9.23. The zero-order chi connectivity index (χ0) is 18.4. The Balaban J connectivity index is 1.70. The molecule has 0 spiro atoms. The lowest BCUT2D eigenvalue weighted by atomic mass is 9.98. The normalized spacial score (nSPS) is 18.1. The molecular formula is C21H28N4O. The smallest absolute Gasteiger partial charge is 0.319 e. The van der Waals surface area contributed by atoms with Gasteiger partial charge in [0, 0.05) is 37.9 Å². The van der Waals surface area contributed by atoms with Crippen LogP contribution in [-0.2, 0) is 0 Å². The van der Waals surface area contributed by atoms with E-state index in [1.807, 2.05) is 36.4 Å². The van der Waals surface area contributed by atoms with Crippen LogP contribution in [0.3, 0.4) is 0 Å². The van der Waals surface area contributed by atoms with Gasteiger partial charge in [-0.3, -0.25) is 4.90 Å². The zero-order valence-electron chi connectivity index (χ0n) is 15.6. The van der Waals surface area contributed by atoms with Gasteiger partial charge in [-0.2, -0.15) is 0 Å². The minimum Gasteiger partial charge on any atom is -0.333 e. The molecule has 1 fully saturated rings. The minimum atomic E-state index is -0.168. The molecule has 2 unspecified atom stereocenters. The molecule has 5 heteroatoms. The molecule has 2 aromatic rings. The van der Waals surface area contributed by atoms with Gasteiger partial charge in [0.2, 0.25) is 0 Å². The lowest BCUT2D eigenvalue weighted by molar-refractivity contribution is 0.0954. The summed E-state index contributed by atoms with van der Waals surface area (Å²) in [6.07, 6.45) is 0. The molecule has 138 valence electrons. The van der Waals surface area contributed by atoms with Gasteiger partial charge in [0.1, 0.15) is 0 Å². The molecule has 3 rings (SSSR count). The first-order valence-electron chi connectivity index (χ1n) is 9.23. The van der Waals surface area contributed by atoms with Crippen molar-refractivity contribution in [1.82, 2.24) is 15.1 Å². The predicted octanol–water partition coefficient (Wildman–Crippen LogP) is 3.19. The maximum atomic E-state index is 12.4. The molecule has 2 aromatic carbocycles. The van der Waals surface area contributed by atoms with Crippen molar-refractivity contribution in [2.45, 2.75) is 19.0 Å². The van der Waals surface area contributed by atoms with Gasteiger partial charge in [0.25, 0.3) is 0 Å². The number of benzene rings is 2. The number of rotatable bonds is 5. The molecule has 0 saturated carbocycles. The highest BCUT2D eigenvalue weighted by Gasteiger charge is 2.29. The highest BCUT2D eigenvalue weighted by Crippen LogP contribution is 2.25. The Bertz CT molecular complexity index is 684. The van der Waals surface area contributed by atoms with Crippen LogP contribution in [-0.4, -0.2) is 55.1 Å². The van der Waals surface area contributed by atoms with Crippen LogP contribution in [0.4, 0.5) is 10.5 Å². The summed E-state index contributed by atoms with van der Waals surface area (Å²) in [6, 6.07) is 20.0. The van der Waals surface area contributed by atoms with Crippen molar-refractivity contribution in [2.75, 3.05) is 38.5 Å². The lowest BCUT2D eigenvalue weighted by Crippen LogP contribution is -2.52. The predicted molar refractivity (Wildman–Crippen MR) is 106 cm³/mol. The van der Waals surface area contributed by atoms with Crippen LogP contribution >= 0.6 is 0 Å². The van der Waals surface area contributed by atoms with Gasteiger partial charge in [-0.15, -0.1) is 0 Å². The van der Waals surface area contributed by atoms with E-state index < -0.39 is 0 Å². The van der Waals surface area contributed by atoms with Crippen molar-refractivity contribution in [3.05, 3.63) is 66.2 Å². The Hall–Kier alpha value is -2.37. The number of urea groups is 1. The van der Waals surface area contributed by atoms with Crippen LogP contribution in [0.25, 0.3) is 0 Å². The topological polar surface area (TPSA) is 47.6 Å². The fraction of sp³-hybridized carbons (Fsp3) is 0.381. The van der Waals surface area contributed by atoms with E-state index in [2.05, 4.69) is 58.7 Å². The van der Waals surface area contributed by atoms with Crippen LogP contribution in [0.15, 0.2) is 60.7 Å². The fourth-order valence-electron chi connectivity index (χ4n) is 3.54. The summed E-state index contributed by atoms with van der Waals surface area (Å²) in [5.41, 5.74) is 2.04. The Morgan fingerprint density at radius 1 is 0.923 bits per heavy atom. The van der Waals surface area contributed by atoms with E-state index in [-0.39, 0.29) is 18.1 Å². The van der Waals surface area contributed by atoms with Crippen LogP contribution < -0.4 is 10.6 Å². The molecule has 1 saturated heterocycles. The molecule has 5 nitrogen and oxygen atoms in total. The van der Waals surface area contributed by atoms with E-state index in [1.165, 1.54) is 5.56 Å². The van der Waals surface area contributed by atoms with E-state index >= 15 is 0 Å². The molecule has 1 aliphatic heterocycles. The highest BCUT2D eigenvalue weighted by atomic mass is 16.2. The maximum Gasteiger partial charge on any atom is 0.319 e. The molecular weight excluding hydrogens is 324 g/mol. The number of hydrogen-bond acceptors (Lipinski definition) is 3. The molecule has 0 bridgehead atoms. The number of anilines is 1. The number of nitrogens with one attached hydrogen (secondary N) is 2. The number of nitrogens with zero attached hydrogens (tertiary/aromatic N) is 2. The van der Waals surface area contributed by atoms with E-state index in [4.69, 9.17) is 0 Å². The third-order valence-corrected chi connectivity index (χ3v) is 4.94. The number of amides is 2. The monoisotopic (exact) mass is 352 g/mol. The summed E-state index contributed by atoms with van der Waals surface area (Å²) < 4.78 is 0. The van der Waals surface area contributed by atoms with Gasteiger partial charge in [-0.25, -0.2) is 4.79 Å². The summed E-state index contributed by atoms with van der Waals surface area (Å²) in [5, 5.41) is 6.04. The van der Waals surface area contributed by atoms with Gasteiger partial charge in [0.15, 0.2) is 0 Å². The summed E-state index contributed by atoms with van der Waals surface area (Å²) in [6.45, 7) is 6.18. The van der Waals surface area contributed by atoms with Gasteiger partial charge in [0.05, 0.1) is 6.04 Å². The minimum absolute atomic E-state index is 0.00971. The van der Waals surface area contributed by atoms with Crippen LogP contribution in [0.1, 0.15) is 18.5 Å². The average molecular weight is 352 g/mol. The third kappa shape index (κ3) is 4.84.